The van der Waals surface area contributed by atoms with E-state index in [-0.39, 0.29) is 6.04 Å². The van der Waals surface area contributed by atoms with Crippen LogP contribution in [-0.4, -0.2) is 6.04 Å². The predicted molar refractivity (Wildman–Crippen MR) is 79.3 cm³/mol. The van der Waals surface area contributed by atoms with E-state index < -0.39 is 0 Å². The van der Waals surface area contributed by atoms with Gasteiger partial charge in [0, 0.05) is 6.04 Å². The van der Waals surface area contributed by atoms with Gasteiger partial charge in [-0.1, -0.05) is 49.0 Å². The maximum atomic E-state index is 6.34. The molecule has 0 heterocycles. The van der Waals surface area contributed by atoms with E-state index in [1.54, 1.807) is 0 Å². The van der Waals surface area contributed by atoms with Crippen LogP contribution in [0.3, 0.4) is 0 Å². The smallest absolute Gasteiger partial charge is 0.0595 e. The number of hydrogen-bond donors (Lipinski definition) is 1. The van der Waals surface area contributed by atoms with Gasteiger partial charge in [-0.2, -0.15) is 0 Å². The normalized spacial score (nSPS) is 26.0. The van der Waals surface area contributed by atoms with E-state index in [9.17, 15) is 0 Å². The van der Waals surface area contributed by atoms with Gasteiger partial charge in [-0.05, 0) is 48.8 Å². The van der Waals surface area contributed by atoms with Crippen molar-refractivity contribution in [3.8, 4) is 0 Å². The molecule has 0 aliphatic heterocycles. The maximum Gasteiger partial charge on any atom is 0.0595 e. The van der Waals surface area contributed by atoms with Gasteiger partial charge < -0.3 is 5.73 Å². The third kappa shape index (κ3) is 3.63. The number of nitrogens with two attached hydrogens (primary N) is 1. The number of hydrogen-bond acceptors (Lipinski definition) is 1. The Morgan fingerprint density at radius 2 is 1.83 bits per heavy atom. The van der Waals surface area contributed by atoms with E-state index in [2.05, 4.69) is 6.92 Å². The van der Waals surface area contributed by atoms with E-state index >= 15 is 0 Å². The van der Waals surface area contributed by atoms with Gasteiger partial charge >= 0.3 is 0 Å². The molecule has 1 saturated carbocycles. The molecule has 1 nitrogen and oxygen atoms in total. The van der Waals surface area contributed by atoms with Crippen molar-refractivity contribution in [3.63, 3.8) is 0 Å². The molecule has 2 rings (SSSR count). The van der Waals surface area contributed by atoms with Crippen LogP contribution in [0.1, 0.15) is 38.2 Å². The summed E-state index contributed by atoms with van der Waals surface area (Å²) in [5.41, 5.74) is 7.53. The van der Waals surface area contributed by atoms with Gasteiger partial charge in [-0.25, -0.2) is 0 Å². The molecule has 1 aromatic carbocycles. The summed E-state index contributed by atoms with van der Waals surface area (Å²) in [5.74, 6) is 1.54. The molecule has 0 aromatic heterocycles. The zero-order valence-electron chi connectivity index (χ0n) is 10.8. The van der Waals surface area contributed by atoms with Gasteiger partial charge in [0.1, 0.15) is 0 Å². The Hall–Kier alpha value is -0.240. The second kappa shape index (κ2) is 6.27. The van der Waals surface area contributed by atoms with E-state index in [1.165, 1.54) is 31.2 Å². The average molecular weight is 286 g/mol. The van der Waals surface area contributed by atoms with Crippen molar-refractivity contribution in [2.75, 3.05) is 0 Å². The van der Waals surface area contributed by atoms with Crippen LogP contribution in [0.2, 0.25) is 10.0 Å². The Kier molecular flexibility index (Phi) is 4.94. The maximum absolute atomic E-state index is 6.34. The standard InChI is InChI=1S/C15H21Cl2N/c1-10-2-5-12(6-3-10)15(18)9-11-4-7-13(16)14(17)8-11/h4,7-8,10,12,15H,2-3,5-6,9,18H2,1H3. The predicted octanol–water partition coefficient (Wildman–Crippen LogP) is 4.69. The summed E-state index contributed by atoms with van der Waals surface area (Å²) >= 11 is 11.9. The second-order valence-corrected chi connectivity index (χ2v) is 6.45. The molecule has 1 aromatic rings. The lowest BCUT2D eigenvalue weighted by Crippen LogP contribution is -2.34. The highest BCUT2D eigenvalue weighted by molar-refractivity contribution is 6.42. The lowest BCUT2D eigenvalue weighted by atomic mass is 9.78. The summed E-state index contributed by atoms with van der Waals surface area (Å²) in [4.78, 5) is 0. The quantitative estimate of drug-likeness (QED) is 0.857. The van der Waals surface area contributed by atoms with Crippen LogP contribution in [0.25, 0.3) is 0 Å². The van der Waals surface area contributed by atoms with Crippen LogP contribution in [0.15, 0.2) is 18.2 Å². The van der Waals surface area contributed by atoms with E-state index in [0.717, 1.165) is 12.3 Å². The molecule has 100 valence electrons. The van der Waals surface area contributed by atoms with Gasteiger partial charge in [0.15, 0.2) is 0 Å². The molecule has 1 atom stereocenters. The van der Waals surface area contributed by atoms with Crippen LogP contribution < -0.4 is 5.73 Å². The molecule has 0 saturated heterocycles. The molecule has 0 spiro atoms. The molecular formula is C15H21Cl2N. The molecule has 1 aliphatic carbocycles. The average Bonchev–Trinajstić information content (AvgIpc) is 2.34. The first-order valence-electron chi connectivity index (χ1n) is 6.75. The van der Waals surface area contributed by atoms with Gasteiger partial charge in [-0.3, -0.25) is 0 Å². The van der Waals surface area contributed by atoms with Crippen molar-refractivity contribution in [1.29, 1.82) is 0 Å². The summed E-state index contributed by atoms with van der Waals surface area (Å²) in [6, 6.07) is 6.07. The van der Waals surface area contributed by atoms with Crippen molar-refractivity contribution in [2.24, 2.45) is 17.6 Å². The highest BCUT2D eigenvalue weighted by Crippen LogP contribution is 2.31. The fourth-order valence-electron chi connectivity index (χ4n) is 2.82. The van der Waals surface area contributed by atoms with Crippen molar-refractivity contribution in [3.05, 3.63) is 33.8 Å². The minimum atomic E-state index is 0.245. The van der Waals surface area contributed by atoms with Crippen molar-refractivity contribution in [2.45, 2.75) is 45.1 Å². The van der Waals surface area contributed by atoms with Gasteiger partial charge in [0.05, 0.1) is 10.0 Å². The first-order valence-corrected chi connectivity index (χ1v) is 7.51. The van der Waals surface area contributed by atoms with Crippen LogP contribution >= 0.6 is 23.2 Å². The summed E-state index contributed by atoms with van der Waals surface area (Å²) in [5, 5.41) is 1.24. The third-order valence-corrected chi connectivity index (χ3v) is 4.86. The first kappa shape index (κ1) is 14.2. The Balaban J connectivity index is 1.94. The largest absolute Gasteiger partial charge is 0.327 e. The van der Waals surface area contributed by atoms with E-state index in [4.69, 9.17) is 28.9 Å². The Morgan fingerprint density at radius 3 is 2.44 bits per heavy atom. The van der Waals surface area contributed by atoms with Crippen molar-refractivity contribution < 1.29 is 0 Å². The molecule has 3 heteroatoms. The van der Waals surface area contributed by atoms with Crippen LogP contribution in [0.5, 0.6) is 0 Å². The number of benzene rings is 1. The Morgan fingerprint density at radius 1 is 1.17 bits per heavy atom. The SMILES string of the molecule is CC1CCC(C(N)Cc2ccc(Cl)c(Cl)c2)CC1. The minimum Gasteiger partial charge on any atom is -0.327 e. The Bertz CT molecular complexity index is 397. The summed E-state index contributed by atoms with van der Waals surface area (Å²) < 4.78 is 0. The van der Waals surface area contributed by atoms with E-state index in [0.29, 0.717) is 16.0 Å². The third-order valence-electron chi connectivity index (χ3n) is 4.12. The lowest BCUT2D eigenvalue weighted by molar-refractivity contribution is 0.253. The molecule has 1 unspecified atom stereocenters. The molecule has 18 heavy (non-hydrogen) atoms. The molecule has 0 radical (unpaired) electrons. The van der Waals surface area contributed by atoms with Crippen LogP contribution in [0, 0.1) is 11.8 Å². The van der Waals surface area contributed by atoms with Crippen LogP contribution in [-0.2, 0) is 6.42 Å². The van der Waals surface area contributed by atoms with Crippen molar-refractivity contribution in [1.82, 2.24) is 0 Å². The molecule has 0 bridgehead atoms. The molecule has 2 N–H and O–H groups in total. The zero-order valence-corrected chi connectivity index (χ0v) is 12.3. The van der Waals surface area contributed by atoms with Gasteiger partial charge in [-0.15, -0.1) is 0 Å². The Labute approximate surface area is 120 Å². The summed E-state index contributed by atoms with van der Waals surface area (Å²) in [6.45, 7) is 2.33. The minimum absolute atomic E-state index is 0.245. The lowest BCUT2D eigenvalue weighted by Gasteiger charge is -2.30. The summed E-state index contributed by atoms with van der Waals surface area (Å²) in [7, 11) is 0. The van der Waals surface area contributed by atoms with E-state index in [1.807, 2.05) is 18.2 Å². The molecular weight excluding hydrogens is 265 g/mol. The monoisotopic (exact) mass is 285 g/mol. The van der Waals surface area contributed by atoms with Crippen molar-refractivity contribution >= 4 is 23.2 Å². The second-order valence-electron chi connectivity index (χ2n) is 5.64. The van der Waals surface area contributed by atoms with Crippen LogP contribution in [0.4, 0.5) is 0 Å². The highest BCUT2D eigenvalue weighted by Gasteiger charge is 2.23. The molecule has 1 aliphatic rings. The highest BCUT2D eigenvalue weighted by atomic mass is 35.5. The fraction of sp³-hybridized carbons (Fsp3) is 0.600. The van der Waals surface area contributed by atoms with Gasteiger partial charge in [0.2, 0.25) is 0 Å². The fourth-order valence-corrected chi connectivity index (χ4v) is 3.14. The number of halogens is 2. The molecule has 0 amide bonds. The molecule has 1 fully saturated rings. The zero-order chi connectivity index (χ0) is 13.1. The topological polar surface area (TPSA) is 26.0 Å². The first-order chi connectivity index (χ1) is 8.56. The van der Waals surface area contributed by atoms with Gasteiger partial charge in [0.25, 0.3) is 0 Å². The summed E-state index contributed by atoms with van der Waals surface area (Å²) in [6.07, 6.45) is 6.07. The number of rotatable bonds is 3.